The van der Waals surface area contributed by atoms with Crippen molar-refractivity contribution in [2.24, 2.45) is 11.7 Å². The predicted octanol–water partition coefficient (Wildman–Crippen LogP) is 1.56. The maximum absolute atomic E-state index is 11.8. The maximum Gasteiger partial charge on any atom is 0.229 e. The first-order chi connectivity index (χ1) is 7.72. The zero-order chi connectivity index (χ0) is 11.5. The molecule has 3 heteroatoms. The van der Waals surface area contributed by atoms with Crippen molar-refractivity contribution >= 4 is 11.6 Å². The largest absolute Gasteiger partial charge is 0.330 e. The highest BCUT2D eigenvalue weighted by molar-refractivity contribution is 5.95. The second kappa shape index (κ2) is 4.66. The Labute approximate surface area is 96.2 Å². The normalized spacial score (nSPS) is 14.9. The lowest BCUT2D eigenvalue weighted by Gasteiger charge is -2.17. The maximum atomic E-state index is 11.8. The second-order valence-electron chi connectivity index (χ2n) is 4.38. The average molecular weight is 218 g/mol. The molecule has 1 amide bonds. The Bertz CT molecular complexity index is 368. The Morgan fingerprint density at radius 1 is 1.38 bits per heavy atom. The molecular formula is C13H18N2O. The van der Waals surface area contributed by atoms with Crippen LogP contribution >= 0.6 is 0 Å². The van der Waals surface area contributed by atoms with Gasteiger partial charge in [-0.2, -0.15) is 0 Å². The first-order valence-corrected chi connectivity index (χ1v) is 5.79. The van der Waals surface area contributed by atoms with E-state index in [2.05, 4.69) is 0 Å². The summed E-state index contributed by atoms with van der Waals surface area (Å²) in [5.41, 5.74) is 7.68. The van der Waals surface area contributed by atoms with Crippen LogP contribution in [0.4, 0.5) is 5.69 Å². The van der Waals surface area contributed by atoms with Gasteiger partial charge in [0, 0.05) is 18.7 Å². The van der Waals surface area contributed by atoms with E-state index in [0.29, 0.717) is 6.54 Å². The van der Waals surface area contributed by atoms with Crippen LogP contribution in [-0.2, 0) is 11.2 Å². The summed E-state index contributed by atoms with van der Waals surface area (Å²) in [6.45, 7) is 0.663. The van der Waals surface area contributed by atoms with Crippen LogP contribution in [-0.4, -0.2) is 19.5 Å². The highest BCUT2D eigenvalue weighted by Crippen LogP contribution is 2.32. The number of carbonyl (C=O) groups is 1. The molecule has 16 heavy (non-hydrogen) atoms. The van der Waals surface area contributed by atoms with Gasteiger partial charge >= 0.3 is 0 Å². The van der Waals surface area contributed by atoms with Gasteiger partial charge in [0.1, 0.15) is 0 Å². The van der Waals surface area contributed by atoms with Gasteiger partial charge in [0.25, 0.3) is 0 Å². The number of nitrogens with two attached hydrogens (primary N) is 1. The molecule has 1 saturated carbocycles. The fraction of sp³-hybridized carbons (Fsp3) is 0.462. The molecule has 0 atom stereocenters. The van der Waals surface area contributed by atoms with Gasteiger partial charge in [-0.3, -0.25) is 4.79 Å². The Kier molecular flexibility index (Phi) is 3.25. The van der Waals surface area contributed by atoms with E-state index in [9.17, 15) is 4.79 Å². The third-order valence-corrected chi connectivity index (χ3v) is 3.01. The molecule has 2 rings (SSSR count). The van der Waals surface area contributed by atoms with Crippen LogP contribution in [0, 0.1) is 5.92 Å². The summed E-state index contributed by atoms with van der Waals surface area (Å²) >= 11 is 0. The minimum Gasteiger partial charge on any atom is -0.330 e. The molecule has 0 bridgehead atoms. The van der Waals surface area contributed by atoms with Gasteiger partial charge in [0.15, 0.2) is 0 Å². The molecule has 0 aliphatic heterocycles. The second-order valence-corrected chi connectivity index (χ2v) is 4.38. The molecule has 1 aliphatic rings. The van der Waals surface area contributed by atoms with Gasteiger partial charge in [-0.25, -0.2) is 0 Å². The van der Waals surface area contributed by atoms with Crippen LogP contribution in [0.25, 0.3) is 0 Å². The molecule has 1 aliphatic carbocycles. The molecule has 0 heterocycles. The van der Waals surface area contributed by atoms with Crippen molar-refractivity contribution in [3.8, 4) is 0 Å². The summed E-state index contributed by atoms with van der Waals surface area (Å²) < 4.78 is 0. The van der Waals surface area contributed by atoms with Crippen molar-refractivity contribution in [3.63, 3.8) is 0 Å². The van der Waals surface area contributed by atoms with Crippen LogP contribution < -0.4 is 10.6 Å². The van der Waals surface area contributed by atoms with Crippen molar-refractivity contribution in [2.45, 2.75) is 19.3 Å². The average Bonchev–Trinajstić information content (AvgIpc) is 3.12. The molecule has 0 spiro atoms. The molecule has 86 valence electrons. The topological polar surface area (TPSA) is 46.3 Å². The lowest BCUT2D eigenvalue weighted by Crippen LogP contribution is -2.27. The van der Waals surface area contributed by atoms with Crippen LogP contribution in [0.15, 0.2) is 24.3 Å². The van der Waals surface area contributed by atoms with Crippen LogP contribution in [0.2, 0.25) is 0 Å². The van der Waals surface area contributed by atoms with E-state index >= 15 is 0 Å². The summed E-state index contributed by atoms with van der Waals surface area (Å²) in [4.78, 5) is 13.6. The highest BCUT2D eigenvalue weighted by Gasteiger charge is 2.32. The van der Waals surface area contributed by atoms with Gasteiger partial charge in [0.2, 0.25) is 5.91 Å². The number of rotatable bonds is 4. The van der Waals surface area contributed by atoms with Crippen molar-refractivity contribution in [3.05, 3.63) is 29.8 Å². The van der Waals surface area contributed by atoms with E-state index in [0.717, 1.165) is 24.9 Å². The van der Waals surface area contributed by atoms with Gasteiger partial charge in [-0.05, 0) is 43.5 Å². The summed E-state index contributed by atoms with van der Waals surface area (Å²) in [5.74, 6) is 0.514. The lowest BCUT2D eigenvalue weighted by atomic mass is 10.1. The first kappa shape index (κ1) is 11.1. The Hall–Kier alpha value is -1.35. The number of amides is 1. The molecule has 1 aromatic carbocycles. The van der Waals surface area contributed by atoms with E-state index in [1.54, 1.807) is 4.90 Å². The molecule has 0 radical (unpaired) electrons. The number of hydrogen-bond donors (Lipinski definition) is 1. The Morgan fingerprint density at radius 3 is 2.50 bits per heavy atom. The molecule has 2 N–H and O–H groups in total. The van der Waals surface area contributed by atoms with Gasteiger partial charge in [-0.15, -0.1) is 0 Å². The third kappa shape index (κ3) is 2.42. The van der Waals surface area contributed by atoms with Crippen LogP contribution in [0.5, 0.6) is 0 Å². The first-order valence-electron chi connectivity index (χ1n) is 5.79. The minimum atomic E-state index is 0.242. The van der Waals surface area contributed by atoms with Gasteiger partial charge in [-0.1, -0.05) is 12.1 Å². The molecule has 1 fully saturated rings. The fourth-order valence-corrected chi connectivity index (χ4v) is 1.78. The summed E-state index contributed by atoms with van der Waals surface area (Å²) in [5, 5.41) is 0. The van der Waals surface area contributed by atoms with Crippen molar-refractivity contribution < 1.29 is 4.79 Å². The number of benzene rings is 1. The van der Waals surface area contributed by atoms with Gasteiger partial charge in [0.05, 0.1) is 0 Å². The van der Waals surface area contributed by atoms with Gasteiger partial charge < -0.3 is 10.6 Å². The fourth-order valence-electron chi connectivity index (χ4n) is 1.78. The Balaban J connectivity index is 2.05. The molecule has 1 aromatic rings. The smallest absolute Gasteiger partial charge is 0.229 e. The molecule has 0 saturated heterocycles. The van der Waals surface area contributed by atoms with Crippen molar-refractivity contribution in [1.29, 1.82) is 0 Å². The van der Waals surface area contributed by atoms with Crippen molar-refractivity contribution in [1.82, 2.24) is 0 Å². The summed E-state index contributed by atoms with van der Waals surface area (Å²) in [6.07, 6.45) is 2.99. The monoisotopic (exact) mass is 218 g/mol. The summed E-state index contributed by atoms with van der Waals surface area (Å²) in [7, 11) is 1.85. The van der Waals surface area contributed by atoms with E-state index in [-0.39, 0.29) is 11.8 Å². The zero-order valence-electron chi connectivity index (χ0n) is 9.65. The number of nitrogens with zero attached hydrogens (tertiary/aromatic N) is 1. The third-order valence-electron chi connectivity index (χ3n) is 3.01. The molecule has 0 aromatic heterocycles. The van der Waals surface area contributed by atoms with Crippen molar-refractivity contribution in [2.75, 3.05) is 18.5 Å². The van der Waals surface area contributed by atoms with E-state index < -0.39 is 0 Å². The van der Waals surface area contributed by atoms with E-state index in [1.807, 2.05) is 31.3 Å². The standard InChI is InChI=1S/C13H18N2O/c1-15(13(16)11-4-5-11)12-6-2-10(3-7-12)8-9-14/h2-3,6-7,11H,4-5,8-9,14H2,1H3. The number of hydrogen-bond acceptors (Lipinski definition) is 2. The zero-order valence-corrected chi connectivity index (χ0v) is 9.65. The SMILES string of the molecule is CN(C(=O)C1CC1)c1ccc(CCN)cc1. The molecule has 3 nitrogen and oxygen atoms in total. The number of anilines is 1. The predicted molar refractivity (Wildman–Crippen MR) is 65.3 cm³/mol. The van der Waals surface area contributed by atoms with Crippen LogP contribution in [0.3, 0.4) is 0 Å². The number of carbonyl (C=O) groups excluding carboxylic acids is 1. The lowest BCUT2D eigenvalue weighted by molar-refractivity contribution is -0.119. The minimum absolute atomic E-state index is 0.242. The molecule has 0 unspecified atom stereocenters. The summed E-state index contributed by atoms with van der Waals surface area (Å²) in [6, 6.07) is 8.06. The Morgan fingerprint density at radius 2 is 2.00 bits per heavy atom. The van der Waals surface area contributed by atoms with Crippen LogP contribution in [0.1, 0.15) is 18.4 Å². The highest BCUT2D eigenvalue weighted by atomic mass is 16.2. The molecular weight excluding hydrogens is 200 g/mol. The van der Waals surface area contributed by atoms with E-state index in [4.69, 9.17) is 5.73 Å². The van der Waals surface area contributed by atoms with E-state index in [1.165, 1.54) is 5.56 Å². The quantitative estimate of drug-likeness (QED) is 0.833.